The van der Waals surface area contributed by atoms with Crippen LogP contribution in [0.25, 0.3) is 0 Å². The third-order valence-electron chi connectivity index (χ3n) is 4.86. The first-order chi connectivity index (χ1) is 10.1. The first kappa shape index (κ1) is 14.6. The van der Waals surface area contributed by atoms with Gasteiger partial charge >= 0.3 is 0 Å². The quantitative estimate of drug-likeness (QED) is 0.928. The Hall–Kier alpha value is -1.29. The molecule has 21 heavy (non-hydrogen) atoms. The number of hydrogen-bond donors (Lipinski definition) is 1. The summed E-state index contributed by atoms with van der Waals surface area (Å²) < 4.78 is 7.90. The largest absolute Gasteiger partial charge is 0.378 e. The molecule has 1 spiro atoms. The molecule has 1 aromatic heterocycles. The van der Waals surface area contributed by atoms with Gasteiger partial charge in [0.05, 0.1) is 5.60 Å². The summed E-state index contributed by atoms with van der Waals surface area (Å²) in [4.78, 5) is 12.6. The minimum absolute atomic E-state index is 0.111. The second kappa shape index (κ2) is 5.84. The van der Waals surface area contributed by atoms with Crippen LogP contribution in [0.2, 0.25) is 0 Å². The van der Waals surface area contributed by atoms with Crippen molar-refractivity contribution in [3.63, 3.8) is 0 Å². The maximum Gasteiger partial charge on any atom is 0.274 e. The highest BCUT2D eigenvalue weighted by Crippen LogP contribution is 2.42. The zero-order chi connectivity index (χ0) is 14.9. The summed E-state index contributed by atoms with van der Waals surface area (Å²) in [7, 11) is 0. The van der Waals surface area contributed by atoms with E-state index < -0.39 is 0 Å². The van der Waals surface area contributed by atoms with Crippen LogP contribution in [0.4, 0.5) is 5.69 Å². The van der Waals surface area contributed by atoms with Crippen molar-refractivity contribution in [2.24, 2.45) is 0 Å². The predicted molar refractivity (Wildman–Crippen MR) is 84.9 cm³/mol. The lowest BCUT2D eigenvalue weighted by Crippen LogP contribution is -2.37. The molecule has 1 N–H and O–H groups in total. The normalized spacial score (nSPS) is 29.2. The molecule has 0 radical (unpaired) electrons. The number of nitrogens with one attached hydrogen (secondary N) is 1. The first-order valence-corrected chi connectivity index (χ1v) is 8.21. The molecule has 2 aliphatic rings. The monoisotopic (exact) mass is 290 g/mol. The average Bonchev–Trinajstić information content (AvgIpc) is 2.90. The summed E-state index contributed by atoms with van der Waals surface area (Å²) in [5, 5.41) is 3.24. The molecule has 0 atom stereocenters. The van der Waals surface area contributed by atoms with E-state index in [2.05, 4.69) is 19.2 Å². The van der Waals surface area contributed by atoms with Crippen molar-refractivity contribution >= 4 is 5.69 Å². The molecule has 2 fully saturated rings. The van der Waals surface area contributed by atoms with Crippen LogP contribution in [0.1, 0.15) is 58.4 Å². The molecule has 1 saturated carbocycles. The molecule has 1 aromatic rings. The zero-order valence-corrected chi connectivity index (χ0v) is 13.1. The third kappa shape index (κ3) is 3.00. The smallest absolute Gasteiger partial charge is 0.274 e. The van der Waals surface area contributed by atoms with Gasteiger partial charge < -0.3 is 14.6 Å². The molecule has 3 rings (SSSR count). The standard InChI is InChI=1S/C17H26N2O2/c1-13(2)18-15-5-3-11-19(16(15)20)14-6-9-17(10-7-14)8-4-12-21-17/h3,5,11,13-14,18H,4,6-10,12H2,1-2H3/t14-,17+. The zero-order valence-electron chi connectivity index (χ0n) is 13.1. The van der Waals surface area contributed by atoms with Crippen LogP contribution in [0.15, 0.2) is 23.1 Å². The Morgan fingerprint density at radius 1 is 1.33 bits per heavy atom. The number of nitrogens with zero attached hydrogens (tertiary/aromatic N) is 1. The van der Waals surface area contributed by atoms with E-state index in [1.165, 1.54) is 12.8 Å². The molecule has 4 heteroatoms. The van der Waals surface area contributed by atoms with Gasteiger partial charge in [0, 0.05) is 24.9 Å². The highest BCUT2D eigenvalue weighted by atomic mass is 16.5. The van der Waals surface area contributed by atoms with Gasteiger partial charge in [0.2, 0.25) is 0 Å². The summed E-state index contributed by atoms with van der Waals surface area (Å²) in [6.07, 6.45) is 8.60. The van der Waals surface area contributed by atoms with E-state index in [4.69, 9.17) is 4.74 Å². The van der Waals surface area contributed by atoms with Crippen LogP contribution < -0.4 is 10.9 Å². The van der Waals surface area contributed by atoms with Crippen LogP contribution >= 0.6 is 0 Å². The highest BCUT2D eigenvalue weighted by Gasteiger charge is 2.39. The number of ether oxygens (including phenoxy) is 1. The molecule has 0 unspecified atom stereocenters. The van der Waals surface area contributed by atoms with Gasteiger partial charge in [-0.05, 0) is 64.5 Å². The minimum atomic E-state index is 0.111. The lowest BCUT2D eigenvalue weighted by Gasteiger charge is -2.37. The molecule has 0 bridgehead atoms. The molecule has 116 valence electrons. The lowest BCUT2D eigenvalue weighted by atomic mass is 9.80. The molecule has 0 aromatic carbocycles. The van der Waals surface area contributed by atoms with E-state index in [9.17, 15) is 4.79 Å². The van der Waals surface area contributed by atoms with Gasteiger partial charge in [-0.3, -0.25) is 4.79 Å². The Morgan fingerprint density at radius 2 is 2.10 bits per heavy atom. The van der Waals surface area contributed by atoms with Gasteiger partial charge in [-0.2, -0.15) is 0 Å². The lowest BCUT2D eigenvalue weighted by molar-refractivity contribution is -0.0334. The third-order valence-corrected chi connectivity index (χ3v) is 4.86. The number of aromatic nitrogens is 1. The second-order valence-corrected chi connectivity index (χ2v) is 6.80. The fourth-order valence-electron chi connectivity index (χ4n) is 3.77. The summed E-state index contributed by atoms with van der Waals surface area (Å²) in [5.74, 6) is 0. The van der Waals surface area contributed by atoms with Crippen LogP contribution in [0.3, 0.4) is 0 Å². The Bertz CT molecular complexity index is 534. The second-order valence-electron chi connectivity index (χ2n) is 6.80. The summed E-state index contributed by atoms with van der Waals surface area (Å²) in [5.41, 5.74) is 0.956. The summed E-state index contributed by atoms with van der Waals surface area (Å²) in [6.45, 7) is 5.02. The van der Waals surface area contributed by atoms with Crippen molar-refractivity contribution in [1.82, 2.24) is 4.57 Å². The van der Waals surface area contributed by atoms with E-state index in [-0.39, 0.29) is 17.2 Å². The van der Waals surface area contributed by atoms with E-state index in [1.54, 1.807) is 0 Å². The number of rotatable bonds is 3. The molecule has 1 aliphatic heterocycles. The summed E-state index contributed by atoms with van der Waals surface area (Å²) in [6, 6.07) is 4.45. The average molecular weight is 290 g/mol. The van der Waals surface area contributed by atoms with Gasteiger partial charge in [-0.15, -0.1) is 0 Å². The van der Waals surface area contributed by atoms with E-state index in [0.29, 0.717) is 11.7 Å². The molecule has 0 amide bonds. The van der Waals surface area contributed by atoms with Gasteiger partial charge in [-0.1, -0.05) is 0 Å². The Morgan fingerprint density at radius 3 is 2.71 bits per heavy atom. The molecule has 1 saturated heterocycles. The van der Waals surface area contributed by atoms with Crippen molar-refractivity contribution in [3.05, 3.63) is 28.7 Å². The maximum atomic E-state index is 12.6. The van der Waals surface area contributed by atoms with Crippen molar-refractivity contribution in [2.45, 2.75) is 70.1 Å². The minimum Gasteiger partial charge on any atom is -0.378 e. The van der Waals surface area contributed by atoms with Gasteiger partial charge in [-0.25, -0.2) is 0 Å². The molecular formula is C17H26N2O2. The number of pyridine rings is 1. The SMILES string of the molecule is CC(C)Nc1cccn([C@H]2CC[C@]3(CCCO3)CC2)c1=O. The predicted octanol–water partition coefficient (Wildman–Crippen LogP) is 3.33. The molecule has 2 heterocycles. The Kier molecular flexibility index (Phi) is 4.07. The van der Waals surface area contributed by atoms with Crippen LogP contribution in [-0.4, -0.2) is 22.8 Å². The van der Waals surface area contributed by atoms with Gasteiger partial charge in [0.1, 0.15) is 5.69 Å². The molecular weight excluding hydrogens is 264 g/mol. The number of anilines is 1. The first-order valence-electron chi connectivity index (χ1n) is 8.21. The van der Waals surface area contributed by atoms with Crippen molar-refractivity contribution < 1.29 is 4.74 Å². The summed E-state index contributed by atoms with van der Waals surface area (Å²) >= 11 is 0. The van der Waals surface area contributed by atoms with Crippen LogP contribution in [-0.2, 0) is 4.74 Å². The van der Waals surface area contributed by atoms with Crippen LogP contribution in [0.5, 0.6) is 0 Å². The van der Waals surface area contributed by atoms with E-state index >= 15 is 0 Å². The molecule has 4 nitrogen and oxygen atoms in total. The highest BCUT2D eigenvalue weighted by molar-refractivity contribution is 5.41. The Labute approximate surface area is 126 Å². The maximum absolute atomic E-state index is 12.6. The van der Waals surface area contributed by atoms with E-state index in [0.717, 1.165) is 32.3 Å². The Balaban J connectivity index is 1.74. The fourth-order valence-corrected chi connectivity index (χ4v) is 3.77. The van der Waals surface area contributed by atoms with Crippen molar-refractivity contribution in [2.75, 3.05) is 11.9 Å². The van der Waals surface area contributed by atoms with Crippen molar-refractivity contribution in [3.8, 4) is 0 Å². The van der Waals surface area contributed by atoms with Gasteiger partial charge in [0.15, 0.2) is 0 Å². The molecule has 1 aliphatic carbocycles. The van der Waals surface area contributed by atoms with Crippen LogP contribution in [0, 0.1) is 0 Å². The fraction of sp³-hybridized carbons (Fsp3) is 0.706. The topological polar surface area (TPSA) is 43.3 Å². The van der Waals surface area contributed by atoms with Gasteiger partial charge in [0.25, 0.3) is 5.56 Å². The van der Waals surface area contributed by atoms with E-state index in [1.807, 2.05) is 22.9 Å². The van der Waals surface area contributed by atoms with Crippen molar-refractivity contribution in [1.29, 1.82) is 0 Å². The number of hydrogen-bond acceptors (Lipinski definition) is 3.